The largest absolute Gasteiger partial charge is 0.496 e. The van der Waals surface area contributed by atoms with Crippen LogP contribution in [0.5, 0.6) is 5.75 Å². The van der Waals surface area contributed by atoms with E-state index < -0.39 is 5.82 Å². The number of nitrogens with zero attached hydrogens (tertiary/aromatic N) is 1. The molecule has 1 aromatic rings. The van der Waals surface area contributed by atoms with Gasteiger partial charge in [-0.25, -0.2) is 4.39 Å². The van der Waals surface area contributed by atoms with Gasteiger partial charge in [0.25, 0.3) is 5.91 Å². The molecule has 0 radical (unpaired) electrons. The van der Waals surface area contributed by atoms with Gasteiger partial charge in [0.15, 0.2) is 0 Å². The number of likely N-dealkylation sites (tertiary alicyclic amines) is 1. The molecule has 0 spiro atoms. The summed E-state index contributed by atoms with van der Waals surface area (Å²) in [6.45, 7) is 2.25. The first kappa shape index (κ1) is 20.6. The van der Waals surface area contributed by atoms with Gasteiger partial charge in [0.2, 0.25) is 11.8 Å². The normalized spacial score (nSPS) is 27.7. The predicted octanol–water partition coefficient (Wildman–Crippen LogP) is 1.72. The van der Waals surface area contributed by atoms with E-state index in [1.807, 2.05) is 0 Å². The maximum absolute atomic E-state index is 13.7. The van der Waals surface area contributed by atoms with Crippen LogP contribution in [0.2, 0.25) is 0 Å². The molecule has 30 heavy (non-hydrogen) atoms. The molecule has 3 fully saturated rings. The molecule has 162 valence electrons. The minimum Gasteiger partial charge on any atom is -0.496 e. The zero-order chi connectivity index (χ0) is 21.3. The number of ether oxygens (including phenoxy) is 1. The lowest BCUT2D eigenvalue weighted by molar-refractivity contribution is -0.128. The number of carbonyl (C=O) groups excluding carboxylic acids is 3. The van der Waals surface area contributed by atoms with Crippen LogP contribution in [-0.2, 0) is 9.59 Å². The highest BCUT2D eigenvalue weighted by Gasteiger charge is 2.51. The van der Waals surface area contributed by atoms with E-state index >= 15 is 0 Å². The minimum absolute atomic E-state index is 0.0521. The van der Waals surface area contributed by atoms with Crippen molar-refractivity contribution in [3.05, 3.63) is 29.6 Å². The van der Waals surface area contributed by atoms with Gasteiger partial charge < -0.3 is 20.3 Å². The van der Waals surface area contributed by atoms with Crippen LogP contribution >= 0.6 is 0 Å². The van der Waals surface area contributed by atoms with Crippen molar-refractivity contribution >= 4 is 17.7 Å². The second-order valence-electron chi connectivity index (χ2n) is 8.74. The summed E-state index contributed by atoms with van der Waals surface area (Å²) in [5.41, 5.74) is 0.0630. The molecule has 2 heterocycles. The van der Waals surface area contributed by atoms with Crippen molar-refractivity contribution < 1.29 is 23.5 Å². The van der Waals surface area contributed by atoms with Gasteiger partial charge in [0.05, 0.1) is 12.7 Å². The van der Waals surface area contributed by atoms with E-state index in [9.17, 15) is 18.8 Å². The van der Waals surface area contributed by atoms with Crippen molar-refractivity contribution in [1.82, 2.24) is 15.5 Å². The third-order valence-corrected chi connectivity index (χ3v) is 6.95. The topological polar surface area (TPSA) is 87.7 Å². The number of nitrogens with one attached hydrogen (secondary N) is 2. The number of hydrogen-bond donors (Lipinski definition) is 2. The molecule has 2 N–H and O–H groups in total. The third-order valence-electron chi connectivity index (χ3n) is 6.95. The highest BCUT2D eigenvalue weighted by atomic mass is 19.1. The molecule has 1 saturated carbocycles. The van der Waals surface area contributed by atoms with Crippen LogP contribution in [0.3, 0.4) is 0 Å². The quantitative estimate of drug-likeness (QED) is 0.738. The van der Waals surface area contributed by atoms with Crippen LogP contribution in [0.25, 0.3) is 0 Å². The summed E-state index contributed by atoms with van der Waals surface area (Å²) in [4.78, 5) is 39.0. The third kappa shape index (κ3) is 3.87. The smallest absolute Gasteiger partial charge is 0.257 e. The van der Waals surface area contributed by atoms with Crippen LogP contribution in [0.15, 0.2) is 18.2 Å². The van der Waals surface area contributed by atoms with Crippen molar-refractivity contribution in [1.29, 1.82) is 0 Å². The first-order valence-electron chi connectivity index (χ1n) is 10.6. The van der Waals surface area contributed by atoms with E-state index in [-0.39, 0.29) is 41.0 Å². The van der Waals surface area contributed by atoms with E-state index in [0.717, 1.165) is 19.3 Å². The summed E-state index contributed by atoms with van der Waals surface area (Å²) in [6, 6.07) is 3.96. The lowest BCUT2D eigenvalue weighted by Crippen LogP contribution is -2.42. The Balaban J connectivity index is 1.42. The maximum atomic E-state index is 13.7. The second-order valence-corrected chi connectivity index (χ2v) is 8.74. The maximum Gasteiger partial charge on any atom is 0.257 e. The number of halogens is 1. The molecule has 7 nitrogen and oxygen atoms in total. The molecule has 4 rings (SSSR count). The summed E-state index contributed by atoms with van der Waals surface area (Å²) < 4.78 is 19.0. The Bertz CT molecular complexity index is 861. The molecule has 1 aliphatic carbocycles. The van der Waals surface area contributed by atoms with E-state index in [0.29, 0.717) is 44.3 Å². The molecule has 1 unspecified atom stereocenters. The Kier molecular flexibility index (Phi) is 5.66. The summed E-state index contributed by atoms with van der Waals surface area (Å²) in [6.07, 6.45) is 3.90. The Morgan fingerprint density at radius 3 is 2.93 bits per heavy atom. The standard InChI is InChI=1S/C22H28FN3O4/c1-30-18-5-4-16(23)10-17(18)21(29)26-11-15-3-2-7-22(15,13-26)12-25-19(27)9-14-6-8-24-20(14)28/h4-5,10,14-15H,2-3,6-9,11-13H2,1H3,(H,24,28)(H,25,27)/t14?,15-,22-/m0/s1. The van der Waals surface area contributed by atoms with Crippen LogP contribution < -0.4 is 15.4 Å². The van der Waals surface area contributed by atoms with E-state index in [1.165, 1.54) is 25.3 Å². The summed E-state index contributed by atoms with van der Waals surface area (Å²) >= 11 is 0. The number of methoxy groups -OCH3 is 1. The average Bonchev–Trinajstić information content (AvgIpc) is 3.40. The molecular formula is C22H28FN3O4. The zero-order valence-corrected chi connectivity index (χ0v) is 17.2. The van der Waals surface area contributed by atoms with Crippen LogP contribution in [-0.4, -0.2) is 55.9 Å². The van der Waals surface area contributed by atoms with Crippen LogP contribution in [0.4, 0.5) is 4.39 Å². The molecule has 2 saturated heterocycles. The van der Waals surface area contributed by atoms with Gasteiger partial charge in [-0.15, -0.1) is 0 Å². The first-order chi connectivity index (χ1) is 14.4. The number of fused-ring (bicyclic) bond motifs is 1. The van der Waals surface area contributed by atoms with Gasteiger partial charge in [-0.1, -0.05) is 6.42 Å². The fourth-order valence-corrected chi connectivity index (χ4v) is 5.29. The van der Waals surface area contributed by atoms with Gasteiger partial charge in [0.1, 0.15) is 11.6 Å². The number of hydrogen-bond acceptors (Lipinski definition) is 4. The molecule has 3 aliphatic rings. The van der Waals surface area contributed by atoms with Gasteiger partial charge in [-0.3, -0.25) is 14.4 Å². The monoisotopic (exact) mass is 417 g/mol. The van der Waals surface area contributed by atoms with Crippen molar-refractivity contribution in [2.75, 3.05) is 33.3 Å². The van der Waals surface area contributed by atoms with Crippen LogP contribution in [0, 0.1) is 23.1 Å². The Morgan fingerprint density at radius 2 is 2.20 bits per heavy atom. The minimum atomic E-state index is -0.475. The Hall–Kier alpha value is -2.64. The summed E-state index contributed by atoms with van der Waals surface area (Å²) in [5.74, 6) is -0.473. The molecule has 0 bridgehead atoms. The van der Waals surface area contributed by atoms with Gasteiger partial charge >= 0.3 is 0 Å². The lowest BCUT2D eigenvalue weighted by Gasteiger charge is -2.29. The molecule has 8 heteroatoms. The molecule has 3 amide bonds. The summed E-state index contributed by atoms with van der Waals surface area (Å²) in [7, 11) is 1.46. The number of carbonyl (C=O) groups is 3. The van der Waals surface area contributed by atoms with Crippen molar-refractivity contribution in [2.24, 2.45) is 17.3 Å². The van der Waals surface area contributed by atoms with Gasteiger partial charge in [-0.2, -0.15) is 0 Å². The number of amides is 3. The van der Waals surface area contributed by atoms with Crippen molar-refractivity contribution in [2.45, 2.75) is 32.1 Å². The van der Waals surface area contributed by atoms with E-state index in [1.54, 1.807) is 4.90 Å². The van der Waals surface area contributed by atoms with Crippen molar-refractivity contribution in [3.8, 4) is 5.75 Å². The Labute approximate surface area is 175 Å². The predicted molar refractivity (Wildman–Crippen MR) is 107 cm³/mol. The molecule has 3 atom stereocenters. The fraction of sp³-hybridized carbons (Fsp3) is 0.591. The highest BCUT2D eigenvalue weighted by Crippen LogP contribution is 2.48. The van der Waals surface area contributed by atoms with Crippen LogP contribution in [0.1, 0.15) is 42.5 Å². The van der Waals surface area contributed by atoms with Gasteiger partial charge in [0, 0.05) is 43.9 Å². The number of rotatable bonds is 6. The average molecular weight is 417 g/mol. The lowest BCUT2D eigenvalue weighted by atomic mass is 9.80. The molecule has 2 aliphatic heterocycles. The molecule has 1 aromatic carbocycles. The number of benzene rings is 1. The SMILES string of the molecule is COc1ccc(F)cc1C(=O)N1C[C@@H]2CCC[C@]2(CNC(=O)CC2CCNC2=O)C1. The van der Waals surface area contributed by atoms with Crippen molar-refractivity contribution in [3.63, 3.8) is 0 Å². The molecule has 0 aromatic heterocycles. The highest BCUT2D eigenvalue weighted by molar-refractivity contribution is 5.97. The van der Waals surface area contributed by atoms with Gasteiger partial charge in [-0.05, 0) is 43.4 Å². The zero-order valence-electron chi connectivity index (χ0n) is 17.2. The molecular weight excluding hydrogens is 389 g/mol. The van der Waals surface area contributed by atoms with E-state index in [4.69, 9.17) is 4.74 Å². The first-order valence-corrected chi connectivity index (χ1v) is 10.6. The fourth-order valence-electron chi connectivity index (χ4n) is 5.29. The Morgan fingerprint density at radius 1 is 1.37 bits per heavy atom. The second kappa shape index (κ2) is 8.24. The van der Waals surface area contributed by atoms with E-state index in [2.05, 4.69) is 10.6 Å². The summed E-state index contributed by atoms with van der Waals surface area (Å²) in [5, 5.41) is 5.78.